The summed E-state index contributed by atoms with van der Waals surface area (Å²) in [6.45, 7) is 1.61. The van der Waals surface area contributed by atoms with Crippen molar-refractivity contribution in [3.8, 4) is 0 Å². The van der Waals surface area contributed by atoms with Gasteiger partial charge in [0.1, 0.15) is 0 Å². The van der Waals surface area contributed by atoms with Gasteiger partial charge in [0.25, 0.3) is 0 Å². The maximum Gasteiger partial charge on any atom is 0.416 e. The van der Waals surface area contributed by atoms with Crippen LogP contribution in [0.4, 0.5) is 31.1 Å². The number of hydrogen-bond acceptors (Lipinski definition) is 4. The summed E-state index contributed by atoms with van der Waals surface area (Å²) in [5.41, 5.74) is -4.53. The van der Waals surface area contributed by atoms with Gasteiger partial charge < -0.3 is 25.3 Å². The topological polar surface area (TPSA) is 93.1 Å². The van der Waals surface area contributed by atoms with E-state index in [-0.39, 0.29) is 19.2 Å². The molecule has 1 heterocycles. The number of benzene rings is 2. The molecule has 1 fully saturated rings. The molecule has 0 aromatic heterocycles. The van der Waals surface area contributed by atoms with Gasteiger partial charge in [0.15, 0.2) is 0 Å². The minimum absolute atomic E-state index is 0.0102. The number of alkyl halides is 6. The molecule has 0 unspecified atom stereocenters. The molecule has 2 aromatic carbocycles. The van der Waals surface area contributed by atoms with Gasteiger partial charge in [-0.05, 0) is 43.2 Å². The van der Waals surface area contributed by atoms with Crippen LogP contribution >= 0.6 is 0 Å². The first-order valence-corrected chi connectivity index (χ1v) is 12.4. The first-order chi connectivity index (χ1) is 18.5. The number of carbonyl (C=O) groups excluding carboxylic acids is 2. The highest BCUT2D eigenvalue weighted by Crippen LogP contribution is 2.40. The number of aliphatic hydroxyl groups is 2. The van der Waals surface area contributed by atoms with Gasteiger partial charge in [-0.3, -0.25) is 4.79 Å². The Morgan fingerprint density at radius 1 is 0.925 bits per heavy atom. The van der Waals surface area contributed by atoms with Crippen molar-refractivity contribution < 1.29 is 46.1 Å². The Balaban J connectivity index is 1.98. The zero-order chi connectivity index (χ0) is 30.0. The first kappa shape index (κ1) is 31.2. The molecule has 0 spiro atoms. The van der Waals surface area contributed by atoms with Crippen LogP contribution in [-0.2, 0) is 22.6 Å². The Bertz CT molecular complexity index is 1170. The van der Waals surface area contributed by atoms with E-state index in [1.54, 1.807) is 30.3 Å². The van der Waals surface area contributed by atoms with Crippen LogP contribution in [0.2, 0.25) is 0 Å². The fourth-order valence-corrected chi connectivity index (χ4v) is 4.82. The predicted molar refractivity (Wildman–Crippen MR) is 133 cm³/mol. The van der Waals surface area contributed by atoms with Crippen molar-refractivity contribution in [3.63, 3.8) is 0 Å². The molecule has 0 bridgehead atoms. The molecule has 1 aliphatic rings. The van der Waals surface area contributed by atoms with Gasteiger partial charge >= 0.3 is 18.4 Å². The minimum atomic E-state index is -5.07. The summed E-state index contributed by atoms with van der Waals surface area (Å²) >= 11 is 0. The molecule has 3 rings (SSSR count). The molecule has 1 saturated heterocycles. The average Bonchev–Trinajstić information content (AvgIpc) is 3.35. The number of likely N-dealkylation sites (tertiary alicyclic amines) is 1. The summed E-state index contributed by atoms with van der Waals surface area (Å²) in [4.78, 5) is 29.3. The summed E-state index contributed by atoms with van der Waals surface area (Å²) < 4.78 is 80.9. The maximum atomic E-state index is 13.8. The second-order valence-corrected chi connectivity index (χ2v) is 10.3. The molecule has 7 nitrogen and oxygen atoms in total. The summed E-state index contributed by atoms with van der Waals surface area (Å²) in [5.74, 6) is -1.18. The summed E-state index contributed by atoms with van der Waals surface area (Å²) in [6.07, 6.45) is -10.1. The standard InChI is InChI=1S/C27H31F6N3O4/c1-25(2,17-9-18(26(28,29)30)11-19(10-17)27(31,32)33)23(39)35(3)22-13-36(24(40)34-20(14-37)15-38)12-21(22)16-7-5-4-6-8-16/h4-11,20-22,37-38H,12-15H2,1-3H3,(H,34,40)/t21-,22+/m0/s1. The summed E-state index contributed by atoms with van der Waals surface area (Å²) in [7, 11) is 1.40. The lowest BCUT2D eigenvalue weighted by Gasteiger charge is -2.36. The van der Waals surface area contributed by atoms with Gasteiger partial charge in [-0.1, -0.05) is 30.3 Å². The van der Waals surface area contributed by atoms with Crippen LogP contribution in [0.15, 0.2) is 48.5 Å². The molecule has 1 aliphatic heterocycles. The van der Waals surface area contributed by atoms with Gasteiger partial charge in [-0.25, -0.2) is 4.79 Å². The number of nitrogens with zero attached hydrogens (tertiary/aromatic N) is 2. The van der Waals surface area contributed by atoms with Crippen LogP contribution in [0.5, 0.6) is 0 Å². The molecule has 2 atom stereocenters. The summed E-state index contributed by atoms with van der Waals surface area (Å²) in [6, 6.07) is 7.77. The van der Waals surface area contributed by atoms with Crippen molar-refractivity contribution in [2.75, 3.05) is 33.4 Å². The molecule has 0 radical (unpaired) electrons. The van der Waals surface area contributed by atoms with E-state index in [1.165, 1.54) is 30.7 Å². The molecule has 40 heavy (non-hydrogen) atoms. The SMILES string of the molecule is CN(C(=O)C(C)(C)c1cc(C(F)(F)F)cc(C(F)(F)F)c1)[C@@H]1CN(C(=O)NC(CO)CO)C[C@H]1c1ccccc1. The lowest BCUT2D eigenvalue weighted by atomic mass is 9.80. The number of halogens is 6. The van der Waals surface area contributed by atoms with Crippen LogP contribution < -0.4 is 5.32 Å². The number of likely N-dealkylation sites (N-methyl/N-ethyl adjacent to an activating group) is 1. The van der Waals surface area contributed by atoms with E-state index in [2.05, 4.69) is 5.32 Å². The highest BCUT2D eigenvalue weighted by atomic mass is 19.4. The van der Waals surface area contributed by atoms with E-state index < -0.39 is 77.6 Å². The predicted octanol–water partition coefficient (Wildman–Crippen LogP) is 3.99. The van der Waals surface area contributed by atoms with Gasteiger partial charge in [0.2, 0.25) is 5.91 Å². The number of aliphatic hydroxyl groups excluding tert-OH is 2. The lowest BCUT2D eigenvalue weighted by Crippen LogP contribution is -2.50. The molecular formula is C27H31F6N3O4. The van der Waals surface area contributed by atoms with Crippen LogP contribution in [0.25, 0.3) is 0 Å². The fraction of sp³-hybridized carbons (Fsp3) is 0.481. The van der Waals surface area contributed by atoms with Crippen molar-refractivity contribution in [1.29, 1.82) is 0 Å². The average molecular weight is 576 g/mol. The van der Waals surface area contributed by atoms with Crippen molar-refractivity contribution in [2.24, 2.45) is 0 Å². The van der Waals surface area contributed by atoms with Gasteiger partial charge in [0, 0.05) is 26.1 Å². The molecular weight excluding hydrogens is 544 g/mol. The largest absolute Gasteiger partial charge is 0.416 e. The van der Waals surface area contributed by atoms with Crippen LogP contribution in [0, 0.1) is 0 Å². The van der Waals surface area contributed by atoms with Crippen LogP contribution in [-0.4, -0.2) is 77.4 Å². The lowest BCUT2D eigenvalue weighted by molar-refractivity contribution is -0.144. The number of nitrogens with one attached hydrogen (secondary N) is 1. The van der Waals surface area contributed by atoms with Gasteiger partial charge in [-0.15, -0.1) is 0 Å². The third kappa shape index (κ3) is 6.69. The number of hydrogen-bond donors (Lipinski definition) is 3. The number of amides is 3. The van der Waals surface area contributed by atoms with E-state index in [4.69, 9.17) is 0 Å². The quantitative estimate of drug-likeness (QED) is 0.436. The first-order valence-electron chi connectivity index (χ1n) is 12.4. The van der Waals surface area contributed by atoms with E-state index in [9.17, 15) is 46.1 Å². The fourth-order valence-electron chi connectivity index (χ4n) is 4.82. The van der Waals surface area contributed by atoms with Crippen molar-refractivity contribution in [2.45, 2.75) is 49.6 Å². The van der Waals surface area contributed by atoms with E-state index in [0.29, 0.717) is 12.1 Å². The second kappa shape index (κ2) is 11.7. The molecule has 13 heteroatoms. The highest BCUT2D eigenvalue weighted by Gasteiger charge is 2.45. The third-order valence-corrected chi connectivity index (χ3v) is 7.23. The van der Waals surface area contributed by atoms with E-state index >= 15 is 0 Å². The molecule has 3 amide bonds. The molecule has 2 aromatic rings. The molecule has 0 aliphatic carbocycles. The van der Waals surface area contributed by atoms with Crippen LogP contribution in [0.1, 0.15) is 42.0 Å². The molecule has 0 saturated carbocycles. The normalized spacial score (nSPS) is 18.2. The zero-order valence-electron chi connectivity index (χ0n) is 22.1. The number of urea groups is 1. The Hall–Kier alpha value is -3.32. The second-order valence-electron chi connectivity index (χ2n) is 10.3. The summed E-state index contributed by atoms with van der Waals surface area (Å²) in [5, 5.41) is 21.1. The Morgan fingerprint density at radius 2 is 1.43 bits per heavy atom. The number of rotatable bonds is 7. The maximum absolute atomic E-state index is 13.8. The van der Waals surface area contributed by atoms with E-state index in [0.717, 1.165) is 5.56 Å². The zero-order valence-corrected chi connectivity index (χ0v) is 22.1. The van der Waals surface area contributed by atoms with Crippen molar-refractivity contribution in [3.05, 3.63) is 70.8 Å². The van der Waals surface area contributed by atoms with Crippen LogP contribution in [0.3, 0.4) is 0 Å². The third-order valence-electron chi connectivity index (χ3n) is 7.23. The Labute approximate surface area is 227 Å². The van der Waals surface area contributed by atoms with Gasteiger partial charge in [-0.2, -0.15) is 26.3 Å². The highest BCUT2D eigenvalue weighted by molar-refractivity contribution is 5.88. The van der Waals surface area contributed by atoms with Crippen molar-refractivity contribution in [1.82, 2.24) is 15.1 Å². The monoisotopic (exact) mass is 575 g/mol. The molecule has 3 N–H and O–H groups in total. The van der Waals surface area contributed by atoms with Gasteiger partial charge in [0.05, 0.1) is 41.8 Å². The smallest absolute Gasteiger partial charge is 0.394 e. The Kier molecular flexibility index (Phi) is 9.09. The van der Waals surface area contributed by atoms with Crippen molar-refractivity contribution >= 4 is 11.9 Å². The molecule has 220 valence electrons. The van der Waals surface area contributed by atoms with E-state index in [1.807, 2.05) is 0 Å². The Morgan fingerprint density at radius 3 is 1.90 bits per heavy atom. The minimum Gasteiger partial charge on any atom is -0.394 e. The number of carbonyl (C=O) groups is 2.